The zero-order chi connectivity index (χ0) is 31.8. The molecule has 3 heterocycles. The highest BCUT2D eigenvalue weighted by atomic mass is 19.4. The Morgan fingerprint density at radius 3 is 2.36 bits per heavy atom. The smallest absolute Gasteiger partial charge is 0.475 e. The topological polar surface area (TPSA) is 159 Å². The van der Waals surface area contributed by atoms with Gasteiger partial charge in [-0.1, -0.05) is 36.4 Å². The minimum Gasteiger partial charge on any atom is -0.475 e. The summed E-state index contributed by atoms with van der Waals surface area (Å²) in [5.74, 6) is -2.48. The Kier molecular flexibility index (Phi) is 8.05. The molecule has 11 nitrogen and oxygen atoms in total. The summed E-state index contributed by atoms with van der Waals surface area (Å²) >= 11 is 0. The van der Waals surface area contributed by atoms with Gasteiger partial charge in [0.05, 0.1) is 11.0 Å². The molecule has 230 valence electrons. The number of nitrogens with one attached hydrogen (secondary N) is 2. The third-order valence-corrected chi connectivity index (χ3v) is 7.72. The molecule has 0 spiro atoms. The highest BCUT2D eigenvalue weighted by Crippen LogP contribution is 2.46. The van der Waals surface area contributed by atoms with Crippen molar-refractivity contribution in [2.75, 3.05) is 29.9 Å². The van der Waals surface area contributed by atoms with Gasteiger partial charge < -0.3 is 25.6 Å². The first kappa shape index (κ1) is 30.5. The Bertz CT molecular complexity index is 1740. The fraction of sp³-hybridized carbons (Fsp3) is 0.267. The highest BCUT2D eigenvalue weighted by molar-refractivity contribution is 6.12. The largest absolute Gasteiger partial charge is 0.490 e. The molecule has 1 saturated heterocycles. The molecule has 44 heavy (non-hydrogen) atoms. The number of hydrogen-bond acceptors (Lipinski definition) is 6. The maximum Gasteiger partial charge on any atom is 0.490 e. The number of carbonyl (C=O) groups excluding carboxylic acids is 1. The highest BCUT2D eigenvalue weighted by Gasteiger charge is 2.51. The summed E-state index contributed by atoms with van der Waals surface area (Å²) in [6, 6.07) is 20.2. The number of aromatic amines is 1. The number of nitrogens with zero attached hydrogens (tertiary/aromatic N) is 3. The van der Waals surface area contributed by atoms with E-state index in [9.17, 15) is 33.0 Å². The number of fused-ring (bicyclic) bond motifs is 2. The summed E-state index contributed by atoms with van der Waals surface area (Å²) in [6.07, 6.45) is -4.19. The molecule has 5 N–H and O–H groups in total. The molecule has 2 aliphatic heterocycles. The van der Waals surface area contributed by atoms with E-state index in [2.05, 4.69) is 21.4 Å². The van der Waals surface area contributed by atoms with Crippen molar-refractivity contribution in [2.45, 2.75) is 30.7 Å². The summed E-state index contributed by atoms with van der Waals surface area (Å²) < 4.78 is 31.7. The first-order valence-corrected chi connectivity index (χ1v) is 13.6. The molecular formula is C30H28F3N5O6. The number of anilines is 2. The first-order chi connectivity index (χ1) is 20.8. The minimum atomic E-state index is -5.08. The van der Waals surface area contributed by atoms with E-state index in [-0.39, 0.29) is 11.9 Å². The Hall–Kier alpha value is -4.95. The molecule has 0 bridgehead atoms. The molecule has 2 amide bonds. The second-order valence-corrected chi connectivity index (χ2v) is 10.4. The Labute approximate surface area is 248 Å². The van der Waals surface area contributed by atoms with Crippen LogP contribution in [-0.4, -0.2) is 69.6 Å². The normalized spacial score (nSPS) is 18.5. The third-order valence-electron chi connectivity index (χ3n) is 7.72. The van der Waals surface area contributed by atoms with Crippen molar-refractivity contribution in [1.82, 2.24) is 15.3 Å². The summed E-state index contributed by atoms with van der Waals surface area (Å²) in [6.45, 7) is 1.91. The van der Waals surface area contributed by atoms with Crippen LogP contribution in [0.15, 0.2) is 66.7 Å². The third kappa shape index (κ3) is 5.56. The number of aliphatic carboxylic acids is 1. The van der Waals surface area contributed by atoms with Crippen LogP contribution in [-0.2, 0) is 10.5 Å². The molecule has 0 radical (unpaired) electrons. The number of carboxylic acid groups (broad SMARTS) is 2. The van der Waals surface area contributed by atoms with Gasteiger partial charge in [0.25, 0.3) is 5.91 Å². The van der Waals surface area contributed by atoms with Crippen LogP contribution >= 0.6 is 0 Å². The van der Waals surface area contributed by atoms with E-state index in [1.165, 1.54) is 11.9 Å². The van der Waals surface area contributed by atoms with Gasteiger partial charge in [-0.25, -0.2) is 14.6 Å². The summed E-state index contributed by atoms with van der Waals surface area (Å²) in [5.41, 5.74) is 2.51. The van der Waals surface area contributed by atoms with E-state index >= 15 is 0 Å². The molecule has 2 aliphatic rings. The maximum absolute atomic E-state index is 13.8. The van der Waals surface area contributed by atoms with E-state index in [1.807, 2.05) is 18.2 Å². The SMILES string of the molecule is CN(C(=O)O)c1nc2ccc(C3(O)c4ccccc4C(=O)N3c3cccc(C4CCNCC4)c3)cc2[nH]1.O=C(O)C(F)(F)F. The van der Waals surface area contributed by atoms with Crippen LogP contribution in [0.4, 0.5) is 29.6 Å². The summed E-state index contributed by atoms with van der Waals surface area (Å²) in [4.78, 5) is 43.9. The van der Waals surface area contributed by atoms with E-state index in [4.69, 9.17) is 9.90 Å². The average Bonchev–Trinajstić information content (AvgIpc) is 3.54. The Balaban J connectivity index is 0.000000493. The lowest BCUT2D eigenvalue weighted by Gasteiger charge is -2.35. The van der Waals surface area contributed by atoms with Gasteiger partial charge >= 0.3 is 18.2 Å². The molecule has 4 aromatic rings. The van der Waals surface area contributed by atoms with Gasteiger partial charge in [0.15, 0.2) is 5.72 Å². The van der Waals surface area contributed by atoms with Crippen LogP contribution in [0.1, 0.15) is 45.8 Å². The number of hydrogen-bond donors (Lipinski definition) is 5. The van der Waals surface area contributed by atoms with Crippen molar-refractivity contribution >= 4 is 40.6 Å². The van der Waals surface area contributed by atoms with E-state index < -0.39 is 24.0 Å². The lowest BCUT2D eigenvalue weighted by molar-refractivity contribution is -0.192. The molecule has 0 aliphatic carbocycles. The fourth-order valence-corrected chi connectivity index (χ4v) is 5.49. The van der Waals surface area contributed by atoms with Gasteiger partial charge in [-0.05, 0) is 67.7 Å². The van der Waals surface area contributed by atoms with Gasteiger partial charge in [-0.15, -0.1) is 0 Å². The number of amides is 2. The number of aromatic nitrogens is 2. The van der Waals surface area contributed by atoms with Crippen LogP contribution in [0.5, 0.6) is 0 Å². The molecule has 1 fully saturated rings. The molecule has 6 rings (SSSR count). The number of piperidine rings is 1. The number of alkyl halides is 3. The second kappa shape index (κ2) is 11.6. The quantitative estimate of drug-likeness (QED) is 0.223. The molecule has 3 aromatic carbocycles. The zero-order valence-electron chi connectivity index (χ0n) is 23.3. The van der Waals surface area contributed by atoms with Crippen molar-refractivity contribution < 1.29 is 42.9 Å². The predicted molar refractivity (Wildman–Crippen MR) is 154 cm³/mol. The molecule has 1 aromatic heterocycles. The molecule has 1 unspecified atom stereocenters. The van der Waals surface area contributed by atoms with Crippen molar-refractivity contribution in [1.29, 1.82) is 0 Å². The maximum atomic E-state index is 13.8. The van der Waals surface area contributed by atoms with Crippen LogP contribution in [0.2, 0.25) is 0 Å². The number of rotatable bonds is 4. The lowest BCUT2D eigenvalue weighted by atomic mass is 9.89. The number of imidazole rings is 1. The van der Waals surface area contributed by atoms with Crippen LogP contribution in [0, 0.1) is 0 Å². The van der Waals surface area contributed by atoms with Crippen LogP contribution < -0.4 is 15.1 Å². The van der Waals surface area contributed by atoms with Crippen molar-refractivity contribution in [3.05, 3.63) is 89.0 Å². The standard InChI is InChI=1S/C28H27N5O4.C2HF3O2/c1-32(27(35)36)26-30-23-10-9-19(16-24(23)31-26)28(37)22-8-3-2-7-21(22)25(34)33(28)20-6-4-5-18(15-20)17-11-13-29-14-12-17;3-2(4,5)1(6)7/h2-10,15-17,29,37H,11-14H2,1H3,(H,30,31)(H,35,36);(H,6,7). The van der Waals surface area contributed by atoms with Gasteiger partial charge in [-0.2, -0.15) is 13.2 Å². The second-order valence-electron chi connectivity index (χ2n) is 10.4. The van der Waals surface area contributed by atoms with E-state index in [1.54, 1.807) is 42.5 Å². The molecular weight excluding hydrogens is 583 g/mol. The van der Waals surface area contributed by atoms with Crippen molar-refractivity contribution in [3.8, 4) is 0 Å². The fourth-order valence-electron chi connectivity index (χ4n) is 5.49. The van der Waals surface area contributed by atoms with Gasteiger partial charge in [0.1, 0.15) is 0 Å². The predicted octanol–water partition coefficient (Wildman–Crippen LogP) is 4.63. The molecule has 0 saturated carbocycles. The van der Waals surface area contributed by atoms with Crippen molar-refractivity contribution in [2.24, 2.45) is 0 Å². The number of halogens is 3. The van der Waals surface area contributed by atoms with E-state index in [0.29, 0.717) is 39.3 Å². The molecule has 14 heteroatoms. The number of carbonyl (C=O) groups is 3. The first-order valence-electron chi connectivity index (χ1n) is 13.6. The van der Waals surface area contributed by atoms with Crippen LogP contribution in [0.25, 0.3) is 11.0 Å². The van der Waals surface area contributed by atoms with E-state index in [0.717, 1.165) is 36.4 Å². The number of benzene rings is 3. The van der Waals surface area contributed by atoms with Gasteiger partial charge in [-0.3, -0.25) is 14.6 Å². The number of aliphatic hydroxyl groups is 1. The summed E-state index contributed by atoms with van der Waals surface area (Å²) in [5, 5.41) is 32.3. The van der Waals surface area contributed by atoms with Gasteiger partial charge in [0, 0.05) is 29.4 Å². The number of H-pyrrole nitrogens is 1. The van der Waals surface area contributed by atoms with Crippen LogP contribution in [0.3, 0.4) is 0 Å². The monoisotopic (exact) mass is 611 g/mol. The minimum absolute atomic E-state index is 0.168. The number of carboxylic acids is 1. The lowest BCUT2D eigenvalue weighted by Crippen LogP contribution is -2.45. The zero-order valence-corrected chi connectivity index (χ0v) is 23.3. The average molecular weight is 612 g/mol. The summed E-state index contributed by atoms with van der Waals surface area (Å²) in [7, 11) is 1.40. The Morgan fingerprint density at radius 1 is 1.02 bits per heavy atom. The Morgan fingerprint density at radius 2 is 1.70 bits per heavy atom. The molecule has 1 atom stereocenters. The van der Waals surface area contributed by atoms with Gasteiger partial charge in [0.2, 0.25) is 5.95 Å². The van der Waals surface area contributed by atoms with Crippen molar-refractivity contribution in [3.63, 3.8) is 0 Å².